The number of likely N-dealkylation sites (tertiary alicyclic amines) is 1. The molecule has 6 heteroatoms. The van der Waals surface area contributed by atoms with Gasteiger partial charge in [0.1, 0.15) is 0 Å². The minimum absolute atomic E-state index is 0.0300. The van der Waals surface area contributed by atoms with Crippen molar-refractivity contribution in [1.82, 2.24) is 15.1 Å². The Bertz CT molecular complexity index is 398. The zero-order valence-electron chi connectivity index (χ0n) is 10.6. The van der Waals surface area contributed by atoms with Crippen LogP contribution in [0, 0.1) is 0 Å². The van der Waals surface area contributed by atoms with Crippen LogP contribution >= 0.6 is 0 Å². The second kappa shape index (κ2) is 4.91. The van der Waals surface area contributed by atoms with Gasteiger partial charge in [-0.3, -0.25) is 10.00 Å². The van der Waals surface area contributed by atoms with E-state index in [2.05, 4.69) is 28.9 Å². The normalized spacial score (nSPS) is 22.7. The van der Waals surface area contributed by atoms with Crippen LogP contribution in [-0.4, -0.2) is 27.7 Å². The number of alkyl halides is 3. The Hall–Kier alpha value is -1.04. The molecule has 0 aromatic carbocycles. The highest BCUT2D eigenvalue weighted by atomic mass is 19.4. The van der Waals surface area contributed by atoms with Gasteiger partial charge in [0.15, 0.2) is 5.69 Å². The molecule has 18 heavy (non-hydrogen) atoms. The van der Waals surface area contributed by atoms with Crippen LogP contribution in [0.5, 0.6) is 0 Å². The summed E-state index contributed by atoms with van der Waals surface area (Å²) in [5.41, 5.74) is -0.248. The molecule has 1 N–H and O–H groups in total. The zero-order chi connectivity index (χ0) is 13.3. The van der Waals surface area contributed by atoms with E-state index in [1.165, 1.54) is 0 Å². The summed E-state index contributed by atoms with van der Waals surface area (Å²) < 4.78 is 37.6. The molecule has 3 nitrogen and oxygen atoms in total. The molecule has 1 aromatic rings. The van der Waals surface area contributed by atoms with Crippen molar-refractivity contribution in [3.63, 3.8) is 0 Å². The highest BCUT2D eigenvalue weighted by Crippen LogP contribution is 2.34. The highest BCUT2D eigenvalue weighted by Gasteiger charge is 2.36. The summed E-state index contributed by atoms with van der Waals surface area (Å²) in [7, 11) is 0. The standard InChI is InChI=1S/C12H18F3N3/c1-8(2)18-6-4-3-5-10(18)9-7-11(17-16-9)12(13,14)15/h7-8,10H,3-6H2,1-2H3,(H,16,17). The number of nitrogens with zero attached hydrogens (tertiary/aromatic N) is 2. The zero-order valence-corrected chi connectivity index (χ0v) is 10.6. The maximum Gasteiger partial charge on any atom is 0.435 e. The second-order valence-electron chi connectivity index (χ2n) is 5.05. The minimum atomic E-state index is -4.37. The summed E-state index contributed by atoms with van der Waals surface area (Å²) >= 11 is 0. The van der Waals surface area contributed by atoms with Gasteiger partial charge in [-0.1, -0.05) is 6.42 Å². The quantitative estimate of drug-likeness (QED) is 0.885. The van der Waals surface area contributed by atoms with Gasteiger partial charge in [-0.05, 0) is 39.3 Å². The van der Waals surface area contributed by atoms with Crippen LogP contribution in [-0.2, 0) is 6.18 Å². The molecule has 0 saturated carbocycles. The molecule has 102 valence electrons. The second-order valence-corrected chi connectivity index (χ2v) is 5.05. The molecule has 1 unspecified atom stereocenters. The molecule has 1 aromatic heterocycles. The third-order valence-electron chi connectivity index (χ3n) is 3.45. The summed E-state index contributed by atoms with van der Waals surface area (Å²) in [6.45, 7) is 5.07. The molecule has 0 amide bonds. The van der Waals surface area contributed by atoms with Gasteiger partial charge >= 0.3 is 6.18 Å². The van der Waals surface area contributed by atoms with Crippen LogP contribution in [0.2, 0.25) is 0 Å². The van der Waals surface area contributed by atoms with Crippen molar-refractivity contribution in [2.45, 2.75) is 51.4 Å². The van der Waals surface area contributed by atoms with Crippen LogP contribution in [0.3, 0.4) is 0 Å². The smallest absolute Gasteiger partial charge is 0.292 e. The van der Waals surface area contributed by atoms with Crippen LogP contribution in [0.1, 0.15) is 50.5 Å². The molecule has 0 aliphatic carbocycles. The number of nitrogens with one attached hydrogen (secondary N) is 1. The number of halogens is 3. The Morgan fingerprint density at radius 3 is 2.67 bits per heavy atom. The fourth-order valence-electron chi connectivity index (χ4n) is 2.56. The van der Waals surface area contributed by atoms with Crippen LogP contribution in [0.25, 0.3) is 0 Å². The van der Waals surface area contributed by atoms with E-state index < -0.39 is 11.9 Å². The Balaban J connectivity index is 2.21. The lowest BCUT2D eigenvalue weighted by Crippen LogP contribution is -2.38. The van der Waals surface area contributed by atoms with Gasteiger partial charge in [0.2, 0.25) is 0 Å². The topological polar surface area (TPSA) is 31.9 Å². The average molecular weight is 261 g/mol. The first-order valence-corrected chi connectivity index (χ1v) is 6.28. The first-order valence-electron chi connectivity index (χ1n) is 6.28. The van der Waals surface area contributed by atoms with Crippen molar-refractivity contribution in [3.8, 4) is 0 Å². The van der Waals surface area contributed by atoms with Crippen LogP contribution in [0.15, 0.2) is 6.07 Å². The third kappa shape index (κ3) is 2.68. The first-order chi connectivity index (χ1) is 8.39. The molecular formula is C12H18F3N3. The molecule has 2 rings (SSSR count). The summed E-state index contributed by atoms with van der Waals surface area (Å²) in [6.07, 6.45) is -1.33. The van der Waals surface area contributed by atoms with Gasteiger partial charge in [-0.15, -0.1) is 0 Å². The number of rotatable bonds is 2. The van der Waals surface area contributed by atoms with E-state index in [1.807, 2.05) is 0 Å². The van der Waals surface area contributed by atoms with E-state index >= 15 is 0 Å². The minimum Gasteiger partial charge on any atom is -0.292 e. The maximum atomic E-state index is 12.5. The predicted octanol–water partition coefficient (Wildman–Crippen LogP) is 3.36. The number of piperidine rings is 1. The largest absolute Gasteiger partial charge is 0.435 e. The number of aromatic nitrogens is 2. The molecular weight excluding hydrogens is 243 g/mol. The van der Waals surface area contributed by atoms with Gasteiger partial charge < -0.3 is 0 Å². The Morgan fingerprint density at radius 1 is 1.39 bits per heavy atom. The van der Waals surface area contributed by atoms with E-state index in [4.69, 9.17) is 0 Å². The van der Waals surface area contributed by atoms with Gasteiger partial charge in [0.05, 0.1) is 11.7 Å². The lowest BCUT2D eigenvalue weighted by atomic mass is 9.97. The first kappa shape index (κ1) is 13.4. The van der Waals surface area contributed by atoms with Crippen molar-refractivity contribution >= 4 is 0 Å². The Labute approximate surface area is 104 Å². The molecule has 1 saturated heterocycles. The van der Waals surface area contributed by atoms with E-state index in [-0.39, 0.29) is 6.04 Å². The lowest BCUT2D eigenvalue weighted by molar-refractivity contribution is -0.141. The third-order valence-corrected chi connectivity index (χ3v) is 3.45. The monoisotopic (exact) mass is 261 g/mol. The number of hydrogen-bond acceptors (Lipinski definition) is 2. The summed E-state index contributed by atoms with van der Waals surface area (Å²) in [5, 5.41) is 5.93. The van der Waals surface area contributed by atoms with Crippen LogP contribution in [0.4, 0.5) is 13.2 Å². The van der Waals surface area contributed by atoms with Crippen LogP contribution < -0.4 is 0 Å². The fraction of sp³-hybridized carbons (Fsp3) is 0.750. The van der Waals surface area contributed by atoms with E-state index in [1.54, 1.807) is 0 Å². The highest BCUT2D eigenvalue weighted by molar-refractivity contribution is 5.16. The molecule has 0 bridgehead atoms. The van der Waals surface area contributed by atoms with E-state index in [9.17, 15) is 13.2 Å². The van der Waals surface area contributed by atoms with Crippen molar-refractivity contribution in [1.29, 1.82) is 0 Å². The molecule has 1 atom stereocenters. The van der Waals surface area contributed by atoms with Gasteiger partial charge in [0.25, 0.3) is 0 Å². The number of aromatic amines is 1. The predicted molar refractivity (Wildman–Crippen MR) is 62.0 cm³/mol. The van der Waals surface area contributed by atoms with E-state index in [0.717, 1.165) is 31.9 Å². The molecule has 1 aliphatic rings. The van der Waals surface area contributed by atoms with Crippen molar-refractivity contribution < 1.29 is 13.2 Å². The van der Waals surface area contributed by atoms with Gasteiger partial charge in [-0.2, -0.15) is 18.3 Å². The number of H-pyrrole nitrogens is 1. The Morgan fingerprint density at radius 2 is 2.11 bits per heavy atom. The van der Waals surface area contributed by atoms with Gasteiger partial charge in [0, 0.05) is 6.04 Å². The summed E-state index contributed by atoms with van der Waals surface area (Å²) in [4.78, 5) is 2.23. The summed E-state index contributed by atoms with van der Waals surface area (Å²) in [6, 6.07) is 1.50. The summed E-state index contributed by atoms with van der Waals surface area (Å²) in [5.74, 6) is 0. The number of hydrogen-bond donors (Lipinski definition) is 1. The van der Waals surface area contributed by atoms with E-state index in [0.29, 0.717) is 11.7 Å². The molecule has 2 heterocycles. The van der Waals surface area contributed by atoms with Crippen molar-refractivity contribution in [3.05, 3.63) is 17.5 Å². The molecule has 1 aliphatic heterocycles. The van der Waals surface area contributed by atoms with Gasteiger partial charge in [-0.25, -0.2) is 0 Å². The lowest BCUT2D eigenvalue weighted by Gasteiger charge is -2.37. The van der Waals surface area contributed by atoms with Crippen molar-refractivity contribution in [2.24, 2.45) is 0 Å². The molecule has 0 radical (unpaired) electrons. The molecule has 1 fully saturated rings. The average Bonchev–Trinajstić information content (AvgIpc) is 2.77. The Kier molecular flexibility index (Phi) is 3.66. The molecule has 0 spiro atoms. The fourth-order valence-corrected chi connectivity index (χ4v) is 2.56. The maximum absolute atomic E-state index is 12.5. The van der Waals surface area contributed by atoms with Crippen molar-refractivity contribution in [2.75, 3.05) is 6.54 Å². The SMILES string of the molecule is CC(C)N1CCCCC1c1cc(C(F)(F)F)n[nH]1.